The Morgan fingerprint density at radius 3 is 2.28 bits per heavy atom. The number of carbonyl (C=O) groups excluding carboxylic acids is 2. The Bertz CT molecular complexity index is 852. The number of amides is 1. The molecule has 9 heteroatoms. The standard InChI is InChI=1S/C20H23ClN2O6/c1-5-29-17-7-6-16(21)19(22-17)20(25)23(12-18(24)28-4)11-13-8-14(26-2)10-15(9-13)27-3/h6-10H,5,11-12H2,1-4H3. The van der Waals surface area contributed by atoms with E-state index < -0.39 is 11.9 Å². The highest BCUT2D eigenvalue weighted by Crippen LogP contribution is 2.25. The van der Waals surface area contributed by atoms with Crippen molar-refractivity contribution in [2.24, 2.45) is 0 Å². The van der Waals surface area contributed by atoms with Gasteiger partial charge in [0.1, 0.15) is 18.0 Å². The number of halogens is 1. The van der Waals surface area contributed by atoms with Crippen LogP contribution < -0.4 is 14.2 Å². The molecule has 1 heterocycles. The SMILES string of the molecule is CCOc1ccc(Cl)c(C(=O)N(CC(=O)OC)Cc2cc(OC)cc(OC)c2)n1. The molecule has 0 bridgehead atoms. The van der Waals surface area contributed by atoms with Crippen LogP contribution in [0.15, 0.2) is 30.3 Å². The number of hydrogen-bond donors (Lipinski definition) is 0. The number of methoxy groups -OCH3 is 3. The van der Waals surface area contributed by atoms with Gasteiger partial charge in [0.15, 0.2) is 5.69 Å². The van der Waals surface area contributed by atoms with Gasteiger partial charge in [-0.1, -0.05) is 11.6 Å². The van der Waals surface area contributed by atoms with Crippen molar-refractivity contribution in [3.63, 3.8) is 0 Å². The maximum atomic E-state index is 13.1. The zero-order valence-corrected chi connectivity index (χ0v) is 17.5. The highest BCUT2D eigenvalue weighted by Gasteiger charge is 2.24. The molecule has 2 aromatic rings. The second kappa shape index (κ2) is 10.5. The molecule has 29 heavy (non-hydrogen) atoms. The van der Waals surface area contributed by atoms with Gasteiger partial charge in [-0.05, 0) is 30.7 Å². The van der Waals surface area contributed by atoms with Crippen LogP contribution in [0.4, 0.5) is 0 Å². The quantitative estimate of drug-likeness (QED) is 0.574. The molecule has 0 radical (unpaired) electrons. The van der Waals surface area contributed by atoms with Gasteiger partial charge in [-0.2, -0.15) is 0 Å². The smallest absolute Gasteiger partial charge is 0.325 e. The third kappa shape index (κ3) is 5.99. The summed E-state index contributed by atoms with van der Waals surface area (Å²) in [7, 11) is 4.30. The summed E-state index contributed by atoms with van der Waals surface area (Å²) in [5.41, 5.74) is 0.673. The molecular weight excluding hydrogens is 400 g/mol. The van der Waals surface area contributed by atoms with Gasteiger partial charge in [-0.25, -0.2) is 4.98 Å². The summed E-state index contributed by atoms with van der Waals surface area (Å²) in [6.07, 6.45) is 0. The Balaban J connectivity index is 2.39. The van der Waals surface area contributed by atoms with Gasteiger partial charge >= 0.3 is 5.97 Å². The summed E-state index contributed by atoms with van der Waals surface area (Å²) < 4.78 is 20.6. The Kier molecular flexibility index (Phi) is 8.09. The van der Waals surface area contributed by atoms with Crippen LogP contribution in [0.2, 0.25) is 5.02 Å². The summed E-state index contributed by atoms with van der Waals surface area (Å²) in [6, 6.07) is 8.29. The average molecular weight is 423 g/mol. The molecule has 0 aliphatic rings. The van der Waals surface area contributed by atoms with Crippen molar-refractivity contribution < 1.29 is 28.5 Å². The predicted octanol–water partition coefficient (Wildman–Crippen LogP) is 2.97. The number of esters is 1. The van der Waals surface area contributed by atoms with E-state index in [1.807, 2.05) is 0 Å². The van der Waals surface area contributed by atoms with E-state index in [0.717, 1.165) is 0 Å². The Labute approximate surface area is 174 Å². The summed E-state index contributed by atoms with van der Waals surface area (Å²) in [6.45, 7) is 1.99. The molecule has 0 N–H and O–H groups in total. The van der Waals surface area contributed by atoms with Crippen LogP contribution in [0, 0.1) is 0 Å². The van der Waals surface area contributed by atoms with E-state index in [1.54, 1.807) is 31.2 Å². The van der Waals surface area contributed by atoms with Gasteiger partial charge in [-0.3, -0.25) is 9.59 Å². The van der Waals surface area contributed by atoms with Gasteiger partial charge in [0, 0.05) is 18.7 Å². The third-order valence-electron chi connectivity index (χ3n) is 3.93. The van der Waals surface area contributed by atoms with Crippen molar-refractivity contribution in [1.29, 1.82) is 0 Å². The Hall–Kier alpha value is -3.00. The molecule has 0 saturated carbocycles. The first-order chi connectivity index (χ1) is 13.9. The van der Waals surface area contributed by atoms with E-state index in [-0.39, 0.29) is 29.7 Å². The first-order valence-electron chi connectivity index (χ1n) is 8.79. The molecule has 8 nitrogen and oxygen atoms in total. The number of hydrogen-bond acceptors (Lipinski definition) is 7. The van der Waals surface area contributed by atoms with E-state index in [2.05, 4.69) is 4.98 Å². The third-order valence-corrected chi connectivity index (χ3v) is 4.24. The molecule has 0 saturated heterocycles. The molecule has 0 aliphatic heterocycles. The van der Waals surface area contributed by atoms with Crippen LogP contribution in [-0.2, 0) is 16.1 Å². The lowest BCUT2D eigenvalue weighted by Crippen LogP contribution is -2.36. The van der Waals surface area contributed by atoms with Crippen molar-refractivity contribution in [3.8, 4) is 17.4 Å². The van der Waals surface area contributed by atoms with Gasteiger partial charge in [0.05, 0.1) is 33.0 Å². The number of aromatic nitrogens is 1. The maximum absolute atomic E-state index is 13.1. The van der Waals surface area contributed by atoms with E-state index in [4.69, 9.17) is 30.5 Å². The number of benzene rings is 1. The van der Waals surface area contributed by atoms with Crippen LogP contribution in [0.5, 0.6) is 17.4 Å². The first-order valence-corrected chi connectivity index (χ1v) is 9.17. The van der Waals surface area contributed by atoms with Crippen LogP contribution in [-0.4, -0.2) is 56.2 Å². The van der Waals surface area contributed by atoms with Crippen LogP contribution >= 0.6 is 11.6 Å². The predicted molar refractivity (Wildman–Crippen MR) is 107 cm³/mol. The molecule has 1 aromatic carbocycles. The van der Waals surface area contributed by atoms with Crippen molar-refractivity contribution in [2.45, 2.75) is 13.5 Å². The number of nitrogens with zero attached hydrogens (tertiary/aromatic N) is 2. The second-order valence-electron chi connectivity index (χ2n) is 5.87. The molecular formula is C20H23ClN2O6. The number of ether oxygens (including phenoxy) is 4. The van der Waals surface area contributed by atoms with Crippen molar-refractivity contribution >= 4 is 23.5 Å². The lowest BCUT2D eigenvalue weighted by molar-refractivity contribution is -0.141. The number of rotatable bonds is 9. The fraction of sp³-hybridized carbons (Fsp3) is 0.350. The van der Waals surface area contributed by atoms with Crippen LogP contribution in [0.1, 0.15) is 23.0 Å². The van der Waals surface area contributed by atoms with E-state index in [0.29, 0.717) is 23.7 Å². The molecule has 0 fully saturated rings. The maximum Gasteiger partial charge on any atom is 0.325 e. The highest BCUT2D eigenvalue weighted by molar-refractivity contribution is 6.33. The summed E-state index contributed by atoms with van der Waals surface area (Å²) in [5.74, 6) is 0.258. The lowest BCUT2D eigenvalue weighted by Gasteiger charge is -2.22. The molecule has 0 spiro atoms. The van der Waals surface area contributed by atoms with Gasteiger partial charge < -0.3 is 23.8 Å². The number of pyridine rings is 1. The van der Waals surface area contributed by atoms with Crippen LogP contribution in [0.3, 0.4) is 0 Å². The summed E-state index contributed by atoms with van der Waals surface area (Å²) >= 11 is 6.18. The average Bonchev–Trinajstić information content (AvgIpc) is 2.73. The van der Waals surface area contributed by atoms with E-state index in [1.165, 1.54) is 32.3 Å². The zero-order valence-electron chi connectivity index (χ0n) is 16.7. The summed E-state index contributed by atoms with van der Waals surface area (Å²) in [5, 5.41) is 0.150. The highest BCUT2D eigenvalue weighted by atomic mass is 35.5. The normalized spacial score (nSPS) is 10.2. The van der Waals surface area contributed by atoms with Gasteiger partial charge in [0.2, 0.25) is 5.88 Å². The van der Waals surface area contributed by atoms with Crippen LogP contribution in [0.25, 0.3) is 0 Å². The van der Waals surface area contributed by atoms with Gasteiger partial charge in [-0.15, -0.1) is 0 Å². The topological polar surface area (TPSA) is 87.2 Å². The fourth-order valence-electron chi connectivity index (χ4n) is 2.55. The van der Waals surface area contributed by atoms with Gasteiger partial charge in [0.25, 0.3) is 5.91 Å². The second-order valence-corrected chi connectivity index (χ2v) is 6.28. The van der Waals surface area contributed by atoms with E-state index in [9.17, 15) is 9.59 Å². The Morgan fingerprint density at radius 2 is 1.72 bits per heavy atom. The monoisotopic (exact) mass is 422 g/mol. The molecule has 0 atom stereocenters. The van der Waals surface area contributed by atoms with E-state index >= 15 is 0 Å². The first kappa shape index (κ1) is 22.3. The molecule has 1 amide bonds. The minimum Gasteiger partial charge on any atom is -0.497 e. The fourth-order valence-corrected chi connectivity index (χ4v) is 2.74. The summed E-state index contributed by atoms with van der Waals surface area (Å²) in [4.78, 5) is 30.5. The molecule has 0 unspecified atom stereocenters. The molecule has 0 aliphatic carbocycles. The van der Waals surface area contributed by atoms with Crippen molar-refractivity contribution in [2.75, 3.05) is 34.5 Å². The van der Waals surface area contributed by atoms with Crippen molar-refractivity contribution in [3.05, 3.63) is 46.6 Å². The minimum absolute atomic E-state index is 0.0172. The molecule has 1 aromatic heterocycles. The number of carbonyl (C=O) groups is 2. The molecule has 156 valence electrons. The minimum atomic E-state index is -0.578. The Morgan fingerprint density at radius 1 is 1.07 bits per heavy atom. The lowest BCUT2D eigenvalue weighted by atomic mass is 10.1. The largest absolute Gasteiger partial charge is 0.497 e. The van der Waals surface area contributed by atoms with Crippen molar-refractivity contribution in [1.82, 2.24) is 9.88 Å². The zero-order chi connectivity index (χ0) is 21.4. The molecule has 2 rings (SSSR count).